The molecule has 1 N–H and O–H groups in total. The Balaban J connectivity index is 1.60. The molecule has 0 aromatic heterocycles. The van der Waals surface area contributed by atoms with Crippen molar-refractivity contribution in [3.8, 4) is 0 Å². The van der Waals surface area contributed by atoms with Crippen LogP contribution in [0.1, 0.15) is 33.3 Å². The third kappa shape index (κ3) is 11.0. The van der Waals surface area contributed by atoms with E-state index in [2.05, 4.69) is 5.32 Å². The fraction of sp³-hybridized carbons (Fsp3) is 0.432. The number of carbonyl (C=O) groups is 7. The monoisotopic (exact) mass is 784 g/mol. The van der Waals surface area contributed by atoms with Gasteiger partial charge in [0, 0.05) is 56.4 Å². The van der Waals surface area contributed by atoms with E-state index in [-0.39, 0.29) is 29.0 Å². The van der Waals surface area contributed by atoms with Gasteiger partial charge in [-0.05, 0) is 17.7 Å². The van der Waals surface area contributed by atoms with Crippen LogP contribution in [0.5, 0.6) is 0 Å². The van der Waals surface area contributed by atoms with E-state index in [9.17, 15) is 43.7 Å². The van der Waals surface area contributed by atoms with Crippen LogP contribution in [0, 0.1) is 10.1 Å². The van der Waals surface area contributed by atoms with Crippen molar-refractivity contribution in [2.24, 2.45) is 0 Å². The second-order valence-corrected chi connectivity index (χ2v) is 12.5. The number of methoxy groups -OCH3 is 1. The van der Waals surface area contributed by atoms with Crippen molar-refractivity contribution in [2.75, 3.05) is 20.3 Å². The van der Waals surface area contributed by atoms with E-state index in [0.29, 0.717) is 6.29 Å². The first kappa shape index (κ1) is 42.7. The lowest BCUT2D eigenvalue weighted by atomic mass is 9.83. The van der Waals surface area contributed by atoms with Gasteiger partial charge in [-0.3, -0.25) is 44.2 Å². The van der Waals surface area contributed by atoms with Crippen LogP contribution >= 0.6 is 0 Å². The average molecular weight is 785 g/mol. The molecule has 3 aliphatic rings. The number of amides is 1. The molecule has 4 unspecified atom stereocenters. The molecule has 1 fully saturated rings. The van der Waals surface area contributed by atoms with Crippen molar-refractivity contribution in [3.05, 3.63) is 92.7 Å². The number of carbonyl (C=O) groups excluding carboxylic acids is 7. The van der Waals surface area contributed by atoms with Crippen LogP contribution in [0.25, 0.3) is 0 Å². The third-order valence-electron chi connectivity index (χ3n) is 8.48. The second-order valence-electron chi connectivity index (χ2n) is 12.5. The summed E-state index contributed by atoms with van der Waals surface area (Å²) < 4.78 is 43.8. The first-order valence-electron chi connectivity index (χ1n) is 17.0. The molecule has 1 heterocycles. The number of ether oxygens (including phenoxy) is 8. The highest BCUT2D eigenvalue weighted by Crippen LogP contribution is 2.36. The van der Waals surface area contributed by atoms with Crippen molar-refractivity contribution in [1.29, 1.82) is 0 Å². The topological polar surface area (TPSA) is 248 Å². The molecule has 1 aromatic rings. The zero-order valence-electron chi connectivity index (χ0n) is 30.9. The predicted octanol–water partition coefficient (Wildman–Crippen LogP) is 1.54. The number of nitrogens with one attached hydrogen (secondary N) is 1. The van der Waals surface area contributed by atoms with E-state index in [1.165, 1.54) is 19.3 Å². The van der Waals surface area contributed by atoms with E-state index in [1.807, 2.05) is 30.3 Å². The normalized spacial score (nSPS) is 25.8. The van der Waals surface area contributed by atoms with E-state index in [0.717, 1.165) is 45.4 Å². The first-order chi connectivity index (χ1) is 26.6. The summed E-state index contributed by atoms with van der Waals surface area (Å²) in [6.07, 6.45) is -4.94. The molecular formula is C37H40N2O17. The number of hydrogen-bond donors (Lipinski definition) is 1. The molecule has 0 bridgehead atoms. The van der Waals surface area contributed by atoms with Crippen molar-refractivity contribution in [2.45, 2.75) is 83.1 Å². The van der Waals surface area contributed by atoms with Crippen LogP contribution in [-0.4, -0.2) is 116 Å². The SMILES string of the molecule is COC1C=C(C=O)C(NC(=O)OCC2=CC=C(C3O[C@H](COC(C)=O)[C@H](OC(C)=O)[C@H](OC(C)=O)[C@H]3OC(C)=O)C([N+](=O)[O-])C2=O)=CC1OCc1ccccc1. The van der Waals surface area contributed by atoms with Gasteiger partial charge in [-0.25, -0.2) is 4.79 Å². The quantitative estimate of drug-likeness (QED) is 0.0871. The molecule has 8 atom stereocenters. The first-order valence-corrected chi connectivity index (χ1v) is 17.0. The molecular weight excluding hydrogens is 744 g/mol. The maximum Gasteiger partial charge on any atom is 0.411 e. The van der Waals surface area contributed by atoms with Crippen LogP contribution < -0.4 is 5.32 Å². The second kappa shape index (κ2) is 19.5. The van der Waals surface area contributed by atoms with Crippen LogP contribution in [0.4, 0.5) is 4.79 Å². The Morgan fingerprint density at radius 1 is 0.839 bits per heavy atom. The molecule has 4 rings (SSSR count). The number of hydrogen-bond acceptors (Lipinski definition) is 17. The molecule has 1 saturated heterocycles. The maximum atomic E-state index is 13.7. The largest absolute Gasteiger partial charge is 0.463 e. The molecule has 0 radical (unpaired) electrons. The summed E-state index contributed by atoms with van der Waals surface area (Å²) in [5, 5.41) is 14.9. The Morgan fingerprint density at radius 2 is 1.48 bits per heavy atom. The van der Waals surface area contributed by atoms with Gasteiger partial charge in [0.1, 0.15) is 37.6 Å². The van der Waals surface area contributed by atoms with Crippen LogP contribution in [0.2, 0.25) is 0 Å². The van der Waals surface area contributed by atoms with Crippen LogP contribution in [0.3, 0.4) is 0 Å². The van der Waals surface area contributed by atoms with Crippen molar-refractivity contribution in [1.82, 2.24) is 5.32 Å². The zero-order valence-corrected chi connectivity index (χ0v) is 30.9. The molecule has 0 saturated carbocycles. The Morgan fingerprint density at radius 3 is 2.07 bits per heavy atom. The van der Waals surface area contributed by atoms with Gasteiger partial charge in [0.05, 0.1) is 12.3 Å². The lowest BCUT2D eigenvalue weighted by molar-refractivity contribution is -0.499. The van der Waals surface area contributed by atoms with Gasteiger partial charge < -0.3 is 37.9 Å². The van der Waals surface area contributed by atoms with Gasteiger partial charge in [-0.2, -0.15) is 0 Å². The number of rotatable bonds is 15. The highest BCUT2D eigenvalue weighted by Gasteiger charge is 2.56. The highest BCUT2D eigenvalue weighted by atomic mass is 16.7. The van der Waals surface area contributed by atoms with Gasteiger partial charge in [0.2, 0.25) is 5.78 Å². The Labute approximate surface area is 319 Å². The lowest BCUT2D eigenvalue weighted by Gasteiger charge is -2.45. The molecule has 1 aliphatic heterocycles. The molecule has 1 aromatic carbocycles. The molecule has 56 heavy (non-hydrogen) atoms. The summed E-state index contributed by atoms with van der Waals surface area (Å²) in [4.78, 5) is 98.3. The number of Topliss-reactive ketones (excluding diaryl/α,β-unsaturated/α-hetero) is 1. The van der Waals surface area contributed by atoms with Crippen molar-refractivity contribution in [3.63, 3.8) is 0 Å². The predicted molar refractivity (Wildman–Crippen MR) is 186 cm³/mol. The van der Waals surface area contributed by atoms with Gasteiger partial charge in [0.15, 0.2) is 24.6 Å². The van der Waals surface area contributed by atoms with Gasteiger partial charge in [-0.15, -0.1) is 0 Å². The molecule has 1 amide bonds. The average Bonchev–Trinajstić information content (AvgIpc) is 3.13. The maximum absolute atomic E-state index is 13.7. The van der Waals surface area contributed by atoms with Gasteiger partial charge in [0.25, 0.3) is 6.04 Å². The standard InChI is InChI=1S/C37H40N2O17/c1-19(41)50-18-30-34(53-20(2)42)36(55-22(4)44)35(54-21(3)43)33(56-30)26-12-11-24(32(45)31(26)39(47)48)17-52-37(46)38-27-14-29(28(49-5)13-25(27)15-40)51-16-23-9-7-6-8-10-23/h6-15,28-31,33-36H,16-18H2,1-5H3,(H,38,46)/t28?,29?,30-,31?,33?,34+,35+,36+/m1/s1. The number of aldehydes is 1. The minimum atomic E-state index is -2.21. The number of allylic oxidation sites excluding steroid dienone is 3. The van der Waals surface area contributed by atoms with Crippen molar-refractivity contribution < 1.29 is 76.4 Å². The minimum absolute atomic E-state index is 0.0225. The van der Waals surface area contributed by atoms with Crippen molar-refractivity contribution >= 4 is 42.0 Å². The lowest BCUT2D eigenvalue weighted by Crippen LogP contribution is -2.64. The Kier molecular flexibility index (Phi) is 14.9. The number of ketones is 1. The highest BCUT2D eigenvalue weighted by molar-refractivity contribution is 6.02. The smallest absolute Gasteiger partial charge is 0.411 e. The molecule has 300 valence electrons. The summed E-state index contributed by atoms with van der Waals surface area (Å²) in [7, 11) is 1.42. The summed E-state index contributed by atoms with van der Waals surface area (Å²) in [6, 6.07) is 7.02. The van der Waals surface area contributed by atoms with Crippen LogP contribution in [-0.2, 0) is 73.3 Å². The molecule has 19 heteroatoms. The Hall–Kier alpha value is -6.05. The van der Waals surface area contributed by atoms with E-state index in [1.54, 1.807) is 0 Å². The van der Waals surface area contributed by atoms with Gasteiger partial charge in [-0.1, -0.05) is 42.5 Å². The zero-order chi connectivity index (χ0) is 41.1. The molecule has 19 nitrogen and oxygen atoms in total. The number of esters is 4. The number of alkyl carbamates (subject to hydrolysis) is 1. The summed E-state index contributed by atoms with van der Waals surface area (Å²) in [5.41, 5.74) is 0.220. The van der Waals surface area contributed by atoms with E-state index < -0.39 is 103 Å². The third-order valence-corrected chi connectivity index (χ3v) is 8.48. The summed E-state index contributed by atoms with van der Waals surface area (Å²) >= 11 is 0. The fourth-order valence-corrected chi connectivity index (χ4v) is 6.12. The number of benzene rings is 1. The number of nitro groups is 1. The summed E-state index contributed by atoms with van der Waals surface area (Å²) in [6.45, 7) is 2.91. The van der Waals surface area contributed by atoms with E-state index in [4.69, 9.17) is 37.9 Å². The number of nitrogens with zero attached hydrogens (tertiary/aromatic N) is 1. The summed E-state index contributed by atoms with van der Waals surface area (Å²) in [5.74, 6) is -4.69. The molecule has 2 aliphatic carbocycles. The Bertz CT molecular complexity index is 1830. The minimum Gasteiger partial charge on any atom is -0.463 e. The van der Waals surface area contributed by atoms with Gasteiger partial charge >= 0.3 is 30.0 Å². The molecule has 0 spiro atoms. The fourth-order valence-electron chi connectivity index (χ4n) is 6.12. The van der Waals surface area contributed by atoms with Crippen LogP contribution in [0.15, 0.2) is 77.1 Å². The van der Waals surface area contributed by atoms with E-state index >= 15 is 0 Å².